The van der Waals surface area contributed by atoms with Gasteiger partial charge in [-0.1, -0.05) is 23.2 Å². The number of rotatable bonds is 6. The first-order valence-corrected chi connectivity index (χ1v) is 7.99. The van der Waals surface area contributed by atoms with Crippen molar-refractivity contribution in [3.8, 4) is 11.5 Å². The molecule has 0 unspecified atom stereocenters. The molecule has 0 N–H and O–H groups in total. The molecular weight excluding hydrogens is 353 g/mol. The van der Waals surface area contributed by atoms with Crippen LogP contribution in [0.15, 0.2) is 47.2 Å². The topological polar surface area (TPSA) is 61.6 Å². The Morgan fingerprint density at radius 3 is 2.88 bits per heavy atom. The Bertz CT molecular complexity index is 863. The molecule has 0 saturated carbocycles. The molecule has 124 valence electrons. The maximum Gasteiger partial charge on any atom is 0.311 e. The number of benzene rings is 2. The number of fused-ring (bicyclic) bond motifs is 1. The number of esters is 1. The highest BCUT2D eigenvalue weighted by molar-refractivity contribution is 6.35. The van der Waals surface area contributed by atoms with Crippen LogP contribution in [-0.4, -0.2) is 17.6 Å². The molecule has 3 aromatic rings. The second kappa shape index (κ2) is 7.55. The van der Waals surface area contributed by atoms with E-state index in [1.54, 1.807) is 36.4 Å². The van der Waals surface area contributed by atoms with Gasteiger partial charge in [-0.25, -0.2) is 4.98 Å². The minimum Gasteiger partial charge on any atom is -0.492 e. The van der Waals surface area contributed by atoms with Crippen molar-refractivity contribution in [2.45, 2.75) is 12.8 Å². The van der Waals surface area contributed by atoms with Crippen LogP contribution in [0.2, 0.25) is 10.0 Å². The summed E-state index contributed by atoms with van der Waals surface area (Å²) in [7, 11) is 0. The van der Waals surface area contributed by atoms with E-state index in [0.717, 1.165) is 0 Å². The summed E-state index contributed by atoms with van der Waals surface area (Å²) in [5.41, 5.74) is 1.28. The fourth-order valence-corrected chi connectivity index (χ4v) is 2.54. The summed E-state index contributed by atoms with van der Waals surface area (Å²) in [6, 6.07) is 10.0. The Balaban J connectivity index is 1.45. The minimum absolute atomic E-state index is 0.224. The van der Waals surface area contributed by atoms with Gasteiger partial charge in [0.25, 0.3) is 0 Å². The van der Waals surface area contributed by atoms with E-state index < -0.39 is 0 Å². The van der Waals surface area contributed by atoms with Gasteiger partial charge >= 0.3 is 5.97 Å². The zero-order valence-corrected chi connectivity index (χ0v) is 14.0. The molecule has 1 heterocycles. The first kappa shape index (κ1) is 16.6. The number of hydrogen-bond acceptors (Lipinski definition) is 5. The first-order valence-electron chi connectivity index (χ1n) is 7.23. The zero-order valence-electron chi connectivity index (χ0n) is 12.5. The smallest absolute Gasteiger partial charge is 0.311 e. The lowest BCUT2D eigenvalue weighted by atomic mass is 10.3. The van der Waals surface area contributed by atoms with Crippen molar-refractivity contribution in [3.05, 3.63) is 52.8 Å². The second-order valence-corrected chi connectivity index (χ2v) is 5.83. The largest absolute Gasteiger partial charge is 0.492 e. The highest BCUT2D eigenvalue weighted by Crippen LogP contribution is 2.27. The van der Waals surface area contributed by atoms with Crippen LogP contribution >= 0.6 is 23.2 Å². The molecule has 7 heteroatoms. The van der Waals surface area contributed by atoms with Crippen molar-refractivity contribution in [2.24, 2.45) is 0 Å². The van der Waals surface area contributed by atoms with Gasteiger partial charge in [-0.05, 0) is 36.8 Å². The second-order valence-electron chi connectivity index (χ2n) is 4.98. The summed E-state index contributed by atoms with van der Waals surface area (Å²) in [5.74, 6) is 0.623. The van der Waals surface area contributed by atoms with E-state index in [-0.39, 0.29) is 12.4 Å². The molecule has 0 radical (unpaired) electrons. The monoisotopic (exact) mass is 365 g/mol. The molecule has 3 rings (SSSR count). The van der Waals surface area contributed by atoms with Gasteiger partial charge in [-0.2, -0.15) is 0 Å². The Morgan fingerprint density at radius 2 is 2.04 bits per heavy atom. The number of oxazole rings is 1. The highest BCUT2D eigenvalue weighted by Gasteiger charge is 2.08. The van der Waals surface area contributed by atoms with E-state index in [1.807, 2.05) is 0 Å². The van der Waals surface area contributed by atoms with Crippen molar-refractivity contribution in [2.75, 3.05) is 6.61 Å². The van der Waals surface area contributed by atoms with Gasteiger partial charge in [0.05, 0.1) is 11.6 Å². The Kier molecular flexibility index (Phi) is 5.23. The number of carbonyl (C=O) groups excluding carboxylic acids is 1. The number of hydrogen-bond donors (Lipinski definition) is 0. The quantitative estimate of drug-likeness (QED) is 0.353. The van der Waals surface area contributed by atoms with Crippen LogP contribution in [0.25, 0.3) is 11.1 Å². The van der Waals surface area contributed by atoms with Crippen LogP contribution < -0.4 is 9.47 Å². The third kappa shape index (κ3) is 4.19. The van der Waals surface area contributed by atoms with Gasteiger partial charge in [-0.15, -0.1) is 0 Å². The zero-order chi connectivity index (χ0) is 16.9. The van der Waals surface area contributed by atoms with Gasteiger partial charge in [0, 0.05) is 17.5 Å². The van der Waals surface area contributed by atoms with Crippen LogP contribution in [-0.2, 0) is 4.79 Å². The van der Waals surface area contributed by atoms with E-state index in [0.29, 0.717) is 45.7 Å². The number of carbonyl (C=O) groups is 1. The molecule has 1 aromatic heterocycles. The molecule has 0 atom stereocenters. The summed E-state index contributed by atoms with van der Waals surface area (Å²) < 4.78 is 15.9. The number of ether oxygens (including phenoxy) is 2. The molecule has 0 aliphatic carbocycles. The molecule has 0 bridgehead atoms. The Hall–Kier alpha value is -2.24. The summed E-state index contributed by atoms with van der Waals surface area (Å²) >= 11 is 11.8. The molecule has 0 amide bonds. The average molecular weight is 366 g/mol. The van der Waals surface area contributed by atoms with Gasteiger partial charge in [0.2, 0.25) is 0 Å². The maximum atomic E-state index is 11.8. The van der Waals surface area contributed by atoms with Crippen molar-refractivity contribution in [1.29, 1.82) is 0 Å². The van der Waals surface area contributed by atoms with Gasteiger partial charge < -0.3 is 13.9 Å². The number of nitrogens with zero attached hydrogens (tertiary/aromatic N) is 1. The van der Waals surface area contributed by atoms with E-state index in [4.69, 9.17) is 37.1 Å². The predicted octanol–water partition coefficient (Wildman–Crippen LogP) is 4.90. The lowest BCUT2D eigenvalue weighted by molar-refractivity contribution is -0.134. The third-order valence-electron chi connectivity index (χ3n) is 3.21. The summed E-state index contributed by atoms with van der Waals surface area (Å²) in [5, 5.41) is 0.978. The molecule has 24 heavy (non-hydrogen) atoms. The minimum atomic E-state index is -0.344. The molecular formula is C17H13Cl2NO4. The molecule has 0 aliphatic rings. The molecule has 5 nitrogen and oxygen atoms in total. The molecule has 2 aromatic carbocycles. The standard InChI is InChI=1S/C17H13Cl2NO4/c18-11-3-5-15(13(19)8-11)22-7-1-2-17(21)24-12-4-6-16-14(9-12)20-10-23-16/h3-6,8-10H,1-2,7H2. The number of aromatic nitrogens is 1. The lowest BCUT2D eigenvalue weighted by Crippen LogP contribution is -2.10. The maximum absolute atomic E-state index is 11.8. The average Bonchev–Trinajstić information content (AvgIpc) is 3.01. The summed E-state index contributed by atoms with van der Waals surface area (Å²) in [6.45, 7) is 0.346. The number of halogens is 2. The molecule has 0 fully saturated rings. The third-order valence-corrected chi connectivity index (χ3v) is 3.74. The van der Waals surface area contributed by atoms with Gasteiger partial charge in [0.15, 0.2) is 12.0 Å². The predicted molar refractivity (Wildman–Crippen MR) is 90.8 cm³/mol. The first-order chi connectivity index (χ1) is 11.6. The summed E-state index contributed by atoms with van der Waals surface area (Å²) in [4.78, 5) is 15.9. The molecule has 0 spiro atoms. The van der Waals surface area contributed by atoms with Crippen molar-refractivity contribution in [1.82, 2.24) is 4.98 Å². The van der Waals surface area contributed by atoms with Crippen LogP contribution in [0.4, 0.5) is 0 Å². The SMILES string of the molecule is O=C(CCCOc1ccc(Cl)cc1Cl)Oc1ccc2ocnc2c1. The fourth-order valence-electron chi connectivity index (χ4n) is 2.07. The Labute approximate surface area is 148 Å². The van der Waals surface area contributed by atoms with E-state index in [1.165, 1.54) is 6.39 Å². The van der Waals surface area contributed by atoms with E-state index >= 15 is 0 Å². The van der Waals surface area contributed by atoms with Crippen molar-refractivity contribution in [3.63, 3.8) is 0 Å². The van der Waals surface area contributed by atoms with Gasteiger partial charge in [0.1, 0.15) is 17.0 Å². The van der Waals surface area contributed by atoms with Gasteiger partial charge in [-0.3, -0.25) is 4.79 Å². The Morgan fingerprint density at radius 1 is 1.17 bits per heavy atom. The highest BCUT2D eigenvalue weighted by atomic mass is 35.5. The van der Waals surface area contributed by atoms with Crippen LogP contribution in [0, 0.1) is 0 Å². The van der Waals surface area contributed by atoms with E-state index in [9.17, 15) is 4.79 Å². The van der Waals surface area contributed by atoms with Crippen LogP contribution in [0.5, 0.6) is 11.5 Å². The van der Waals surface area contributed by atoms with Crippen LogP contribution in [0.3, 0.4) is 0 Å². The normalized spacial score (nSPS) is 10.8. The van der Waals surface area contributed by atoms with E-state index in [2.05, 4.69) is 4.98 Å². The lowest BCUT2D eigenvalue weighted by Gasteiger charge is -2.08. The fraction of sp³-hybridized carbons (Fsp3) is 0.176. The molecule has 0 saturated heterocycles. The van der Waals surface area contributed by atoms with Crippen LogP contribution in [0.1, 0.15) is 12.8 Å². The molecule has 0 aliphatic heterocycles. The van der Waals surface area contributed by atoms with Crippen molar-refractivity contribution < 1.29 is 18.7 Å². The van der Waals surface area contributed by atoms with Crippen molar-refractivity contribution >= 4 is 40.3 Å². The summed E-state index contributed by atoms with van der Waals surface area (Å²) in [6.07, 6.45) is 2.07.